The molecule has 2 atom stereocenters. The first-order valence-electron chi connectivity index (χ1n) is 7.54. The van der Waals surface area contributed by atoms with Gasteiger partial charge in [-0.3, -0.25) is 4.90 Å². The number of halogens is 1. The number of hydrogen-bond acceptors (Lipinski definition) is 3. The molecule has 0 unspecified atom stereocenters. The van der Waals surface area contributed by atoms with E-state index in [-0.39, 0.29) is 11.9 Å². The molecule has 116 valence electrons. The van der Waals surface area contributed by atoms with E-state index in [4.69, 9.17) is 4.74 Å². The van der Waals surface area contributed by atoms with E-state index < -0.39 is 6.10 Å². The molecule has 1 saturated heterocycles. The topological polar surface area (TPSA) is 32.7 Å². The van der Waals surface area contributed by atoms with Gasteiger partial charge in [-0.2, -0.15) is 0 Å². The summed E-state index contributed by atoms with van der Waals surface area (Å²) in [5.41, 5.74) is 1.94. The molecule has 0 spiro atoms. The highest BCUT2D eigenvalue weighted by molar-refractivity contribution is 5.20. The van der Waals surface area contributed by atoms with Gasteiger partial charge in [0.1, 0.15) is 18.0 Å². The van der Waals surface area contributed by atoms with Crippen LogP contribution in [0.15, 0.2) is 54.6 Å². The zero-order valence-electron chi connectivity index (χ0n) is 12.4. The summed E-state index contributed by atoms with van der Waals surface area (Å²) in [5.74, 6) is -0.300. The summed E-state index contributed by atoms with van der Waals surface area (Å²) < 4.78 is 18.7. The predicted molar refractivity (Wildman–Crippen MR) is 82.8 cm³/mol. The van der Waals surface area contributed by atoms with Crippen LogP contribution in [-0.4, -0.2) is 35.8 Å². The van der Waals surface area contributed by atoms with Crippen LogP contribution >= 0.6 is 0 Å². The third-order valence-electron chi connectivity index (χ3n) is 3.99. The van der Waals surface area contributed by atoms with Crippen molar-refractivity contribution in [3.05, 3.63) is 71.5 Å². The van der Waals surface area contributed by atoms with Gasteiger partial charge in [0, 0.05) is 19.6 Å². The maximum Gasteiger partial charge on any atom is 0.123 e. The second kappa shape index (κ2) is 7.01. The van der Waals surface area contributed by atoms with Crippen LogP contribution in [-0.2, 0) is 11.3 Å². The molecule has 1 N–H and O–H groups in total. The predicted octanol–water partition coefficient (Wildman–Crippen LogP) is 2.76. The van der Waals surface area contributed by atoms with Gasteiger partial charge in [-0.1, -0.05) is 42.5 Å². The molecule has 1 heterocycles. The van der Waals surface area contributed by atoms with Crippen LogP contribution in [0.5, 0.6) is 0 Å². The van der Waals surface area contributed by atoms with E-state index in [9.17, 15) is 9.50 Å². The molecule has 0 aliphatic carbocycles. The van der Waals surface area contributed by atoms with Crippen LogP contribution in [0.1, 0.15) is 17.2 Å². The van der Waals surface area contributed by atoms with E-state index >= 15 is 0 Å². The lowest BCUT2D eigenvalue weighted by Crippen LogP contribution is -2.44. The van der Waals surface area contributed by atoms with Gasteiger partial charge in [-0.05, 0) is 23.3 Å². The normalized spacial score (nSPS) is 20.7. The highest BCUT2D eigenvalue weighted by Gasteiger charge is 2.27. The lowest BCUT2D eigenvalue weighted by molar-refractivity contribution is -0.0919. The molecule has 3 rings (SSSR count). The van der Waals surface area contributed by atoms with Crippen molar-refractivity contribution in [1.82, 2.24) is 4.90 Å². The molecule has 0 amide bonds. The number of ether oxygens (including phenoxy) is 1. The van der Waals surface area contributed by atoms with Crippen molar-refractivity contribution in [2.45, 2.75) is 18.8 Å². The molecule has 0 aromatic heterocycles. The van der Waals surface area contributed by atoms with E-state index in [1.807, 2.05) is 18.2 Å². The number of benzene rings is 2. The molecule has 0 saturated carbocycles. The van der Waals surface area contributed by atoms with Crippen LogP contribution < -0.4 is 0 Å². The van der Waals surface area contributed by atoms with Crippen molar-refractivity contribution in [2.24, 2.45) is 0 Å². The average Bonchev–Trinajstić information content (AvgIpc) is 2.56. The summed E-state index contributed by atoms with van der Waals surface area (Å²) in [5, 5.41) is 10.4. The fourth-order valence-corrected chi connectivity index (χ4v) is 2.78. The van der Waals surface area contributed by atoms with E-state index in [0.29, 0.717) is 18.7 Å². The summed E-state index contributed by atoms with van der Waals surface area (Å²) in [6, 6.07) is 16.2. The molecular formula is C18H20FNO2. The van der Waals surface area contributed by atoms with E-state index in [1.54, 1.807) is 12.1 Å². The molecule has 2 aromatic carbocycles. The summed E-state index contributed by atoms with van der Waals surface area (Å²) >= 11 is 0. The fraction of sp³-hybridized carbons (Fsp3) is 0.333. The minimum absolute atomic E-state index is 0.289. The second-order valence-corrected chi connectivity index (χ2v) is 5.63. The van der Waals surface area contributed by atoms with Crippen LogP contribution in [0.4, 0.5) is 4.39 Å². The molecule has 1 aliphatic rings. The number of aliphatic hydroxyl groups is 1. The largest absolute Gasteiger partial charge is 0.386 e. The molecule has 3 nitrogen and oxygen atoms in total. The van der Waals surface area contributed by atoms with Gasteiger partial charge in [0.05, 0.1) is 6.61 Å². The van der Waals surface area contributed by atoms with E-state index in [1.165, 1.54) is 17.7 Å². The SMILES string of the molecule is O[C@@H](c1ccc(F)cc1)[C@@H]1CN(Cc2ccccc2)CCO1. The third-order valence-corrected chi connectivity index (χ3v) is 3.99. The molecule has 4 heteroatoms. The first-order valence-corrected chi connectivity index (χ1v) is 7.54. The number of morpholine rings is 1. The Bertz CT molecular complexity index is 588. The highest BCUT2D eigenvalue weighted by Crippen LogP contribution is 2.23. The Morgan fingerprint density at radius 1 is 1.14 bits per heavy atom. The van der Waals surface area contributed by atoms with E-state index in [2.05, 4.69) is 17.0 Å². The van der Waals surface area contributed by atoms with Gasteiger partial charge < -0.3 is 9.84 Å². The Balaban J connectivity index is 1.63. The standard InChI is InChI=1S/C18H20FNO2/c19-16-8-6-15(7-9-16)18(21)17-13-20(10-11-22-17)12-14-4-2-1-3-5-14/h1-9,17-18,21H,10-13H2/t17-,18-/m0/s1. The monoisotopic (exact) mass is 301 g/mol. The zero-order valence-corrected chi connectivity index (χ0v) is 12.4. The van der Waals surface area contributed by atoms with Crippen molar-refractivity contribution in [1.29, 1.82) is 0 Å². The van der Waals surface area contributed by atoms with Crippen molar-refractivity contribution < 1.29 is 14.2 Å². The number of aliphatic hydroxyl groups excluding tert-OH is 1. The minimum atomic E-state index is -0.737. The highest BCUT2D eigenvalue weighted by atomic mass is 19.1. The second-order valence-electron chi connectivity index (χ2n) is 5.63. The van der Waals surface area contributed by atoms with Gasteiger partial charge >= 0.3 is 0 Å². The third kappa shape index (κ3) is 3.71. The van der Waals surface area contributed by atoms with Gasteiger partial charge in [0.2, 0.25) is 0 Å². The van der Waals surface area contributed by atoms with Gasteiger partial charge in [-0.15, -0.1) is 0 Å². The summed E-state index contributed by atoms with van der Waals surface area (Å²) in [4.78, 5) is 2.27. The van der Waals surface area contributed by atoms with Crippen molar-refractivity contribution >= 4 is 0 Å². The van der Waals surface area contributed by atoms with E-state index in [0.717, 1.165) is 13.1 Å². The Morgan fingerprint density at radius 3 is 2.59 bits per heavy atom. The molecule has 22 heavy (non-hydrogen) atoms. The van der Waals surface area contributed by atoms with Gasteiger partial charge in [0.25, 0.3) is 0 Å². The summed E-state index contributed by atoms with van der Waals surface area (Å²) in [6.07, 6.45) is -1.03. The van der Waals surface area contributed by atoms with Crippen LogP contribution in [0.3, 0.4) is 0 Å². The molecule has 0 radical (unpaired) electrons. The van der Waals surface area contributed by atoms with Crippen molar-refractivity contribution in [3.63, 3.8) is 0 Å². The van der Waals surface area contributed by atoms with Crippen LogP contribution in [0, 0.1) is 5.82 Å². The molecular weight excluding hydrogens is 281 g/mol. The molecule has 0 bridgehead atoms. The fourth-order valence-electron chi connectivity index (χ4n) is 2.78. The number of rotatable bonds is 4. The Labute approximate surface area is 130 Å². The lowest BCUT2D eigenvalue weighted by atomic mass is 10.0. The minimum Gasteiger partial charge on any atom is -0.386 e. The first-order chi connectivity index (χ1) is 10.7. The van der Waals surface area contributed by atoms with Crippen LogP contribution in [0.2, 0.25) is 0 Å². The maximum absolute atomic E-state index is 13.0. The lowest BCUT2D eigenvalue weighted by Gasteiger charge is -2.35. The maximum atomic E-state index is 13.0. The number of nitrogens with zero attached hydrogens (tertiary/aromatic N) is 1. The van der Waals surface area contributed by atoms with Gasteiger partial charge in [-0.25, -0.2) is 4.39 Å². The van der Waals surface area contributed by atoms with Crippen LogP contribution in [0.25, 0.3) is 0 Å². The molecule has 1 aliphatic heterocycles. The first kappa shape index (κ1) is 15.2. The average molecular weight is 301 g/mol. The Kier molecular flexibility index (Phi) is 4.83. The van der Waals surface area contributed by atoms with Crippen molar-refractivity contribution in [3.8, 4) is 0 Å². The van der Waals surface area contributed by atoms with Gasteiger partial charge in [0.15, 0.2) is 0 Å². The molecule has 1 fully saturated rings. The molecule has 2 aromatic rings. The Hall–Kier alpha value is -1.75. The quantitative estimate of drug-likeness (QED) is 0.942. The number of hydrogen-bond donors (Lipinski definition) is 1. The Morgan fingerprint density at radius 2 is 1.86 bits per heavy atom. The smallest absolute Gasteiger partial charge is 0.123 e. The van der Waals surface area contributed by atoms with Crippen molar-refractivity contribution in [2.75, 3.05) is 19.7 Å². The summed E-state index contributed by atoms with van der Waals surface area (Å²) in [6.45, 7) is 2.95. The summed E-state index contributed by atoms with van der Waals surface area (Å²) in [7, 11) is 0. The zero-order chi connectivity index (χ0) is 15.4.